The maximum Gasteiger partial charge on any atom is 0.257 e. The predicted octanol–water partition coefficient (Wildman–Crippen LogP) is 3.83. The van der Waals surface area contributed by atoms with Crippen LogP contribution in [0.1, 0.15) is 29.8 Å². The first-order valence-electron chi connectivity index (χ1n) is 9.93. The second kappa shape index (κ2) is 9.68. The van der Waals surface area contributed by atoms with Crippen molar-refractivity contribution in [3.05, 3.63) is 93.4 Å². The van der Waals surface area contributed by atoms with Crippen LogP contribution in [0.2, 0.25) is 5.02 Å². The highest BCUT2D eigenvalue weighted by Crippen LogP contribution is 2.24. The number of rotatable bonds is 7. The lowest BCUT2D eigenvalue weighted by Gasteiger charge is -2.21. The molecule has 3 rings (SSSR count). The van der Waals surface area contributed by atoms with E-state index in [2.05, 4.69) is 5.32 Å². The predicted molar refractivity (Wildman–Crippen MR) is 126 cm³/mol. The molecule has 0 spiro atoms. The Morgan fingerprint density at radius 3 is 2.41 bits per heavy atom. The van der Waals surface area contributed by atoms with Crippen molar-refractivity contribution in [1.29, 1.82) is 0 Å². The minimum absolute atomic E-state index is 0.00750. The van der Waals surface area contributed by atoms with Gasteiger partial charge in [0.15, 0.2) is 0 Å². The molecule has 1 amide bonds. The summed E-state index contributed by atoms with van der Waals surface area (Å²) in [4.78, 5) is 24.6. The minimum atomic E-state index is -3.76. The van der Waals surface area contributed by atoms with Crippen molar-refractivity contribution in [1.82, 2.24) is 8.87 Å². The van der Waals surface area contributed by atoms with E-state index >= 15 is 0 Å². The molecule has 0 saturated carbocycles. The topological polar surface area (TPSA) is 88.5 Å². The van der Waals surface area contributed by atoms with Crippen LogP contribution in [-0.2, 0) is 16.6 Å². The Morgan fingerprint density at radius 2 is 1.78 bits per heavy atom. The van der Waals surface area contributed by atoms with E-state index in [4.69, 9.17) is 11.6 Å². The molecule has 3 aromatic rings. The molecule has 0 aliphatic carbocycles. The number of halogens is 1. The summed E-state index contributed by atoms with van der Waals surface area (Å²) in [6.07, 6.45) is 1.71. The standard InChI is InChI=1S/C23H24ClN3O4S/c1-16(2)26(3)32(30,31)19-11-12-21(24)20(14-19)23(29)25-18-9-7-17(8-10-18)15-27-13-5-4-6-22(27)28/h4-14,16H,15H2,1-3H3,(H,25,29). The van der Waals surface area contributed by atoms with E-state index in [0.29, 0.717) is 12.2 Å². The van der Waals surface area contributed by atoms with Crippen LogP contribution in [0.3, 0.4) is 0 Å². The monoisotopic (exact) mass is 473 g/mol. The van der Waals surface area contributed by atoms with Gasteiger partial charge in [0.1, 0.15) is 0 Å². The average Bonchev–Trinajstić information content (AvgIpc) is 2.76. The molecule has 0 aliphatic rings. The summed E-state index contributed by atoms with van der Waals surface area (Å²) in [5.41, 5.74) is 1.37. The maximum absolute atomic E-state index is 12.8. The molecule has 0 aliphatic heterocycles. The molecule has 0 saturated heterocycles. The molecular formula is C23H24ClN3O4S. The van der Waals surface area contributed by atoms with Gasteiger partial charge >= 0.3 is 0 Å². The van der Waals surface area contributed by atoms with E-state index in [1.807, 2.05) is 0 Å². The number of carbonyl (C=O) groups excluding carboxylic acids is 1. The van der Waals surface area contributed by atoms with E-state index < -0.39 is 15.9 Å². The maximum atomic E-state index is 12.8. The molecule has 0 atom stereocenters. The minimum Gasteiger partial charge on any atom is -0.322 e. The smallest absolute Gasteiger partial charge is 0.257 e. The highest BCUT2D eigenvalue weighted by atomic mass is 35.5. The summed E-state index contributed by atoms with van der Waals surface area (Å²) in [7, 11) is -2.27. The zero-order valence-corrected chi connectivity index (χ0v) is 19.5. The number of sulfonamides is 1. The van der Waals surface area contributed by atoms with Crippen LogP contribution in [0.15, 0.2) is 76.6 Å². The second-order valence-corrected chi connectivity index (χ2v) is 9.98. The second-order valence-electron chi connectivity index (χ2n) is 7.57. The molecule has 0 bridgehead atoms. The molecule has 0 unspecified atom stereocenters. The number of carbonyl (C=O) groups is 1. The Kier molecular flexibility index (Phi) is 7.18. The zero-order valence-electron chi connectivity index (χ0n) is 17.9. The summed E-state index contributed by atoms with van der Waals surface area (Å²) in [5.74, 6) is -0.522. The van der Waals surface area contributed by atoms with Crippen LogP contribution in [-0.4, -0.2) is 36.3 Å². The third-order valence-electron chi connectivity index (χ3n) is 5.05. The number of nitrogens with zero attached hydrogens (tertiary/aromatic N) is 2. The number of anilines is 1. The summed E-state index contributed by atoms with van der Waals surface area (Å²) in [6.45, 7) is 3.93. The Labute approximate surface area is 192 Å². The molecule has 9 heteroatoms. The van der Waals surface area contributed by atoms with Crippen LogP contribution in [0.5, 0.6) is 0 Å². The highest BCUT2D eigenvalue weighted by molar-refractivity contribution is 7.89. The van der Waals surface area contributed by atoms with Gasteiger partial charge in [-0.2, -0.15) is 4.31 Å². The number of nitrogens with one attached hydrogen (secondary N) is 1. The van der Waals surface area contributed by atoms with Crippen LogP contribution >= 0.6 is 11.6 Å². The SMILES string of the molecule is CC(C)N(C)S(=O)(=O)c1ccc(Cl)c(C(=O)Nc2ccc(Cn3ccccc3=O)cc2)c1. The van der Waals surface area contributed by atoms with Gasteiger partial charge in [-0.1, -0.05) is 29.8 Å². The van der Waals surface area contributed by atoms with Crippen LogP contribution in [0.4, 0.5) is 5.69 Å². The quantitative estimate of drug-likeness (QED) is 0.564. The van der Waals surface area contributed by atoms with Gasteiger partial charge in [0.05, 0.1) is 22.0 Å². The number of hydrogen-bond acceptors (Lipinski definition) is 4. The van der Waals surface area contributed by atoms with Crippen LogP contribution in [0, 0.1) is 0 Å². The van der Waals surface area contributed by atoms with Crippen molar-refractivity contribution in [3.63, 3.8) is 0 Å². The molecular weight excluding hydrogens is 450 g/mol. The van der Waals surface area contributed by atoms with Crippen molar-refractivity contribution in [2.75, 3.05) is 12.4 Å². The summed E-state index contributed by atoms with van der Waals surface area (Å²) < 4.78 is 28.3. The van der Waals surface area contributed by atoms with Crippen molar-refractivity contribution >= 4 is 33.2 Å². The largest absolute Gasteiger partial charge is 0.322 e. The van der Waals surface area contributed by atoms with Gasteiger partial charge in [-0.15, -0.1) is 0 Å². The molecule has 1 aromatic heterocycles. The first-order chi connectivity index (χ1) is 15.1. The fourth-order valence-corrected chi connectivity index (χ4v) is 4.56. The fraction of sp³-hybridized carbons (Fsp3) is 0.217. The molecule has 168 valence electrons. The van der Waals surface area contributed by atoms with Gasteiger partial charge < -0.3 is 9.88 Å². The Balaban J connectivity index is 1.78. The lowest BCUT2D eigenvalue weighted by molar-refractivity contribution is 0.102. The average molecular weight is 474 g/mol. The number of aromatic nitrogens is 1. The van der Waals surface area contributed by atoms with Crippen molar-refractivity contribution in [3.8, 4) is 0 Å². The van der Waals surface area contributed by atoms with E-state index in [1.54, 1.807) is 61.0 Å². The normalized spacial score (nSPS) is 11.7. The number of hydrogen-bond donors (Lipinski definition) is 1. The fourth-order valence-electron chi connectivity index (χ4n) is 2.96. The Morgan fingerprint density at radius 1 is 1.09 bits per heavy atom. The molecule has 0 fully saturated rings. The van der Waals surface area contributed by atoms with Gasteiger partial charge in [-0.25, -0.2) is 8.42 Å². The van der Waals surface area contributed by atoms with Crippen molar-refractivity contribution in [2.24, 2.45) is 0 Å². The molecule has 0 radical (unpaired) electrons. The first kappa shape index (κ1) is 23.7. The molecule has 7 nitrogen and oxygen atoms in total. The summed E-state index contributed by atoms with van der Waals surface area (Å²) in [5, 5.41) is 2.88. The van der Waals surface area contributed by atoms with Gasteiger partial charge in [-0.3, -0.25) is 9.59 Å². The van der Waals surface area contributed by atoms with E-state index in [-0.39, 0.29) is 27.1 Å². The zero-order chi connectivity index (χ0) is 23.5. The van der Waals surface area contributed by atoms with Gasteiger partial charge in [0.25, 0.3) is 11.5 Å². The highest BCUT2D eigenvalue weighted by Gasteiger charge is 2.25. The Hall–Kier alpha value is -2.94. The molecule has 32 heavy (non-hydrogen) atoms. The lowest BCUT2D eigenvalue weighted by Crippen LogP contribution is -2.33. The van der Waals surface area contributed by atoms with Crippen molar-refractivity contribution < 1.29 is 13.2 Å². The molecule has 2 aromatic carbocycles. The first-order valence-corrected chi connectivity index (χ1v) is 11.7. The Bertz CT molecular complexity index is 1290. The van der Waals surface area contributed by atoms with E-state index in [1.165, 1.54) is 35.6 Å². The number of amides is 1. The van der Waals surface area contributed by atoms with Gasteiger partial charge in [0, 0.05) is 31.0 Å². The van der Waals surface area contributed by atoms with Crippen molar-refractivity contribution in [2.45, 2.75) is 31.3 Å². The van der Waals surface area contributed by atoms with E-state index in [9.17, 15) is 18.0 Å². The van der Waals surface area contributed by atoms with Gasteiger partial charge in [0.2, 0.25) is 10.0 Å². The molecule has 1 N–H and O–H groups in total. The third kappa shape index (κ3) is 5.27. The van der Waals surface area contributed by atoms with Crippen LogP contribution < -0.4 is 10.9 Å². The van der Waals surface area contributed by atoms with E-state index in [0.717, 1.165) is 5.56 Å². The third-order valence-corrected chi connectivity index (χ3v) is 7.41. The molecule has 1 heterocycles. The summed E-state index contributed by atoms with van der Waals surface area (Å²) >= 11 is 6.18. The lowest BCUT2D eigenvalue weighted by atomic mass is 10.1. The summed E-state index contributed by atoms with van der Waals surface area (Å²) in [6, 6.07) is 15.8. The van der Waals surface area contributed by atoms with Crippen LogP contribution in [0.25, 0.3) is 0 Å². The number of pyridine rings is 1. The number of benzene rings is 2. The van der Waals surface area contributed by atoms with Gasteiger partial charge in [-0.05, 0) is 55.8 Å².